The summed E-state index contributed by atoms with van der Waals surface area (Å²) in [5, 5.41) is 23.7. The van der Waals surface area contributed by atoms with Gasteiger partial charge in [-0.15, -0.1) is 10.2 Å². The van der Waals surface area contributed by atoms with Gasteiger partial charge in [-0.2, -0.15) is 0 Å². The number of aliphatic hydroxyl groups excluding tert-OH is 1. The lowest BCUT2D eigenvalue weighted by Crippen LogP contribution is -2.22. The van der Waals surface area contributed by atoms with Crippen molar-refractivity contribution in [3.8, 4) is 5.75 Å². The van der Waals surface area contributed by atoms with E-state index in [9.17, 15) is 5.11 Å². The maximum Gasteiger partial charge on any atom is 0.188 e. The van der Waals surface area contributed by atoms with Crippen LogP contribution >= 0.6 is 0 Å². The molecular formula is C23H25N5O2. The van der Waals surface area contributed by atoms with Crippen LogP contribution in [-0.4, -0.2) is 42.1 Å². The number of ether oxygens (including phenoxy) is 1. The second kappa shape index (κ2) is 8.56. The number of hydrogen-bond donors (Lipinski definition) is 2. The predicted molar refractivity (Wildman–Crippen MR) is 118 cm³/mol. The number of anilines is 2. The number of benzene rings is 2. The fraction of sp³-hybridized carbons (Fsp3) is 0.348. The van der Waals surface area contributed by atoms with Gasteiger partial charge in [-0.1, -0.05) is 24.3 Å². The van der Waals surface area contributed by atoms with E-state index >= 15 is 0 Å². The number of aliphatic hydroxyl groups is 1. The minimum absolute atomic E-state index is 0.185. The van der Waals surface area contributed by atoms with Crippen LogP contribution in [0, 0.1) is 19.4 Å². The molecule has 4 rings (SSSR count). The molecule has 0 spiro atoms. The van der Waals surface area contributed by atoms with E-state index in [-0.39, 0.29) is 12.5 Å². The van der Waals surface area contributed by atoms with Gasteiger partial charge in [0.15, 0.2) is 17.3 Å². The Kier molecular flexibility index (Phi) is 5.68. The summed E-state index contributed by atoms with van der Waals surface area (Å²) >= 11 is 0. The first-order chi connectivity index (χ1) is 14.6. The Bertz CT molecular complexity index is 1110. The van der Waals surface area contributed by atoms with Crippen LogP contribution in [0.3, 0.4) is 0 Å². The molecule has 1 aliphatic heterocycles. The molecular weight excluding hydrogens is 378 g/mol. The van der Waals surface area contributed by atoms with Crippen LogP contribution in [0.25, 0.3) is 15.6 Å². The molecule has 30 heavy (non-hydrogen) atoms. The van der Waals surface area contributed by atoms with Crippen LogP contribution < -0.4 is 15.0 Å². The molecule has 2 N–H and O–H groups in total. The zero-order valence-electron chi connectivity index (χ0n) is 17.2. The van der Waals surface area contributed by atoms with E-state index in [0.29, 0.717) is 18.1 Å². The second-order valence-corrected chi connectivity index (χ2v) is 7.65. The van der Waals surface area contributed by atoms with E-state index in [0.717, 1.165) is 53.0 Å². The Balaban J connectivity index is 1.65. The van der Waals surface area contributed by atoms with E-state index in [1.807, 2.05) is 37.3 Å². The summed E-state index contributed by atoms with van der Waals surface area (Å²) in [7, 11) is 1.67. The summed E-state index contributed by atoms with van der Waals surface area (Å²) in [5.74, 6) is 2.59. The molecule has 1 unspecified atom stereocenters. The Hall–Kier alpha value is -3.37. The number of fused-ring (bicyclic) bond motifs is 1. The summed E-state index contributed by atoms with van der Waals surface area (Å²) < 4.78 is 5.33. The molecule has 1 aliphatic rings. The van der Waals surface area contributed by atoms with E-state index in [4.69, 9.17) is 11.3 Å². The summed E-state index contributed by atoms with van der Waals surface area (Å²) in [6, 6.07) is 11.7. The molecule has 1 saturated heterocycles. The van der Waals surface area contributed by atoms with E-state index in [1.54, 1.807) is 7.11 Å². The van der Waals surface area contributed by atoms with Gasteiger partial charge in [-0.05, 0) is 36.6 Å². The molecule has 2 heterocycles. The normalized spacial score (nSPS) is 15.9. The minimum atomic E-state index is 0.185. The number of hydrogen-bond acceptors (Lipinski definition) is 6. The molecule has 7 nitrogen and oxygen atoms in total. The monoisotopic (exact) mass is 403 g/mol. The highest BCUT2D eigenvalue weighted by atomic mass is 16.5. The third-order valence-corrected chi connectivity index (χ3v) is 5.64. The van der Waals surface area contributed by atoms with Gasteiger partial charge < -0.3 is 20.1 Å². The van der Waals surface area contributed by atoms with Crippen molar-refractivity contribution >= 4 is 28.1 Å². The number of rotatable bonds is 6. The molecule has 154 valence electrons. The third kappa shape index (κ3) is 3.87. The van der Waals surface area contributed by atoms with Crippen molar-refractivity contribution in [2.45, 2.75) is 19.9 Å². The minimum Gasteiger partial charge on any atom is -0.496 e. The lowest BCUT2D eigenvalue weighted by atomic mass is 10.1. The van der Waals surface area contributed by atoms with Gasteiger partial charge in [0.05, 0.1) is 13.7 Å². The fourth-order valence-corrected chi connectivity index (χ4v) is 3.97. The molecule has 0 radical (unpaired) electrons. The van der Waals surface area contributed by atoms with Crippen molar-refractivity contribution in [1.82, 2.24) is 10.2 Å². The molecule has 7 heteroatoms. The number of nitrogens with zero attached hydrogens (tertiary/aromatic N) is 4. The molecule has 3 aromatic rings. The van der Waals surface area contributed by atoms with Crippen molar-refractivity contribution in [2.75, 3.05) is 37.0 Å². The van der Waals surface area contributed by atoms with Crippen molar-refractivity contribution in [3.63, 3.8) is 0 Å². The molecule has 1 aromatic heterocycles. The zero-order chi connectivity index (χ0) is 21.1. The number of aromatic nitrogens is 2. The third-order valence-electron chi connectivity index (χ3n) is 5.64. The standard InChI is InChI=1S/C23H25N5O2/c1-15-10-16(4-7-21(15)30-3)12-25-22-20-11-18(24-2)5-6-19(20)23(27-26-22)28-9-8-17(13-28)14-29/h4-7,10-11,17,29H,8-9,12-14H2,1,3H3,(H,25,26). The Morgan fingerprint density at radius 2 is 2.10 bits per heavy atom. The van der Waals surface area contributed by atoms with Gasteiger partial charge in [0.2, 0.25) is 0 Å². The topological polar surface area (TPSA) is 74.9 Å². The number of nitrogens with one attached hydrogen (secondary N) is 1. The summed E-state index contributed by atoms with van der Waals surface area (Å²) in [6.45, 7) is 11.8. The highest BCUT2D eigenvalue weighted by Crippen LogP contribution is 2.34. The first-order valence-electron chi connectivity index (χ1n) is 10.0. The maximum absolute atomic E-state index is 9.47. The smallest absolute Gasteiger partial charge is 0.188 e. The van der Waals surface area contributed by atoms with E-state index in [2.05, 4.69) is 31.3 Å². The van der Waals surface area contributed by atoms with Crippen LogP contribution in [0.2, 0.25) is 0 Å². The van der Waals surface area contributed by atoms with Crippen LogP contribution in [0.5, 0.6) is 5.75 Å². The van der Waals surface area contributed by atoms with Crippen molar-refractivity contribution in [1.29, 1.82) is 0 Å². The lowest BCUT2D eigenvalue weighted by molar-refractivity contribution is 0.238. The summed E-state index contributed by atoms with van der Waals surface area (Å²) in [6.07, 6.45) is 0.941. The molecule has 0 bridgehead atoms. The Labute approximate surface area is 176 Å². The average Bonchev–Trinajstić information content (AvgIpc) is 3.26. The molecule has 1 atom stereocenters. The van der Waals surface area contributed by atoms with Gasteiger partial charge in [0, 0.05) is 42.9 Å². The zero-order valence-corrected chi connectivity index (χ0v) is 17.2. The van der Waals surface area contributed by atoms with Crippen molar-refractivity contribution < 1.29 is 9.84 Å². The quantitative estimate of drug-likeness (QED) is 0.608. The average molecular weight is 403 g/mol. The van der Waals surface area contributed by atoms with Crippen molar-refractivity contribution in [2.24, 2.45) is 5.92 Å². The van der Waals surface area contributed by atoms with Crippen molar-refractivity contribution in [3.05, 3.63) is 58.9 Å². The van der Waals surface area contributed by atoms with E-state index in [1.165, 1.54) is 0 Å². The molecule has 2 aromatic carbocycles. The largest absolute Gasteiger partial charge is 0.496 e. The van der Waals surface area contributed by atoms with Gasteiger partial charge in [-0.25, -0.2) is 4.85 Å². The van der Waals surface area contributed by atoms with Gasteiger partial charge in [-0.3, -0.25) is 0 Å². The summed E-state index contributed by atoms with van der Waals surface area (Å²) in [5.41, 5.74) is 2.75. The molecule has 0 amide bonds. The van der Waals surface area contributed by atoms with Gasteiger partial charge in [0.1, 0.15) is 5.75 Å². The van der Waals surface area contributed by atoms with E-state index < -0.39 is 0 Å². The second-order valence-electron chi connectivity index (χ2n) is 7.65. The molecule has 1 fully saturated rings. The highest BCUT2D eigenvalue weighted by molar-refractivity contribution is 6.00. The van der Waals surface area contributed by atoms with Gasteiger partial charge >= 0.3 is 0 Å². The Morgan fingerprint density at radius 1 is 1.23 bits per heavy atom. The number of aryl methyl sites for hydroxylation is 1. The fourth-order valence-electron chi connectivity index (χ4n) is 3.97. The van der Waals surface area contributed by atoms with Crippen LogP contribution in [0.15, 0.2) is 36.4 Å². The molecule has 0 aliphatic carbocycles. The van der Waals surface area contributed by atoms with Crippen LogP contribution in [0.4, 0.5) is 17.3 Å². The molecule has 0 saturated carbocycles. The number of methoxy groups -OCH3 is 1. The first-order valence-corrected chi connectivity index (χ1v) is 10.0. The lowest BCUT2D eigenvalue weighted by Gasteiger charge is -2.20. The Morgan fingerprint density at radius 3 is 2.80 bits per heavy atom. The maximum atomic E-state index is 9.47. The van der Waals surface area contributed by atoms with Gasteiger partial charge in [0.25, 0.3) is 0 Å². The predicted octanol–water partition coefficient (Wildman–Crippen LogP) is 3.93. The SMILES string of the molecule is [C-]#[N+]c1ccc2c(N3CCC(CO)C3)nnc(NCc3ccc(OC)c(C)c3)c2c1. The van der Waals surface area contributed by atoms with Crippen LogP contribution in [-0.2, 0) is 6.54 Å². The summed E-state index contributed by atoms with van der Waals surface area (Å²) in [4.78, 5) is 5.75. The highest BCUT2D eigenvalue weighted by Gasteiger charge is 2.25. The van der Waals surface area contributed by atoms with Crippen LogP contribution in [0.1, 0.15) is 17.5 Å². The first kappa shape index (κ1) is 19.9.